The fourth-order valence-electron chi connectivity index (χ4n) is 3.27. The molecule has 1 aliphatic heterocycles. The smallest absolute Gasteiger partial charge is 0.118 e. The van der Waals surface area contributed by atoms with E-state index >= 15 is 0 Å². The second-order valence-corrected chi connectivity index (χ2v) is 6.60. The van der Waals surface area contributed by atoms with E-state index in [0.717, 1.165) is 39.7 Å². The van der Waals surface area contributed by atoms with Gasteiger partial charge < -0.3 is 4.74 Å². The standard InChI is InChI=1S/C22H19ClN2O/c1-26-18-13-11-16(12-14-18)21-15-22(19-9-5-6-10-20(19)23)25(24-21)17-7-3-2-4-8-17/h2-14,22H,15H2,1H3. The second-order valence-electron chi connectivity index (χ2n) is 6.20. The molecule has 0 aliphatic carbocycles. The van der Waals surface area contributed by atoms with Crippen LogP contribution in [0, 0.1) is 0 Å². The van der Waals surface area contributed by atoms with Crippen LogP contribution in [0.15, 0.2) is 84.0 Å². The summed E-state index contributed by atoms with van der Waals surface area (Å²) in [6, 6.07) is 26.3. The van der Waals surface area contributed by atoms with Crippen molar-refractivity contribution in [2.45, 2.75) is 12.5 Å². The Kier molecular flexibility index (Phi) is 4.63. The molecule has 3 aromatic rings. The lowest BCUT2D eigenvalue weighted by Crippen LogP contribution is -2.18. The lowest BCUT2D eigenvalue weighted by molar-refractivity contribution is 0.415. The minimum atomic E-state index is 0.0724. The van der Waals surface area contributed by atoms with Crippen LogP contribution in [-0.2, 0) is 0 Å². The Bertz CT molecular complexity index is 922. The van der Waals surface area contributed by atoms with Crippen molar-refractivity contribution in [2.75, 3.05) is 12.1 Å². The van der Waals surface area contributed by atoms with Gasteiger partial charge in [-0.15, -0.1) is 0 Å². The first-order valence-corrected chi connectivity index (χ1v) is 8.94. The number of hydrogen-bond donors (Lipinski definition) is 0. The molecule has 0 amide bonds. The third-order valence-electron chi connectivity index (χ3n) is 4.62. The third kappa shape index (κ3) is 3.18. The van der Waals surface area contributed by atoms with Crippen LogP contribution in [-0.4, -0.2) is 12.8 Å². The second kappa shape index (κ2) is 7.22. The number of benzene rings is 3. The van der Waals surface area contributed by atoms with Gasteiger partial charge in [0.15, 0.2) is 0 Å². The molecule has 0 saturated heterocycles. The summed E-state index contributed by atoms with van der Waals surface area (Å²) in [5.41, 5.74) is 4.29. The first-order valence-electron chi connectivity index (χ1n) is 8.57. The number of halogens is 1. The Morgan fingerprint density at radius 1 is 0.923 bits per heavy atom. The number of hydrazone groups is 1. The van der Waals surface area contributed by atoms with E-state index in [1.807, 2.05) is 48.5 Å². The molecule has 1 heterocycles. The molecule has 4 rings (SSSR count). The van der Waals surface area contributed by atoms with Gasteiger partial charge in [0.25, 0.3) is 0 Å². The number of hydrogen-bond acceptors (Lipinski definition) is 3. The lowest BCUT2D eigenvalue weighted by Gasteiger charge is -2.24. The van der Waals surface area contributed by atoms with Gasteiger partial charge in [0.2, 0.25) is 0 Å². The minimum Gasteiger partial charge on any atom is -0.497 e. The number of para-hydroxylation sites is 1. The third-order valence-corrected chi connectivity index (χ3v) is 4.96. The summed E-state index contributed by atoms with van der Waals surface area (Å²) in [6.07, 6.45) is 0.797. The summed E-state index contributed by atoms with van der Waals surface area (Å²) >= 11 is 6.50. The van der Waals surface area contributed by atoms with E-state index in [9.17, 15) is 0 Å². The van der Waals surface area contributed by atoms with Crippen LogP contribution in [0.25, 0.3) is 0 Å². The monoisotopic (exact) mass is 362 g/mol. The zero-order chi connectivity index (χ0) is 17.9. The molecule has 0 fully saturated rings. The SMILES string of the molecule is COc1ccc(C2=NN(c3ccccc3)C(c3ccccc3Cl)C2)cc1. The molecule has 0 bridgehead atoms. The molecule has 0 spiro atoms. The summed E-state index contributed by atoms with van der Waals surface area (Å²) in [4.78, 5) is 0. The van der Waals surface area contributed by atoms with Crippen molar-refractivity contribution in [1.29, 1.82) is 0 Å². The van der Waals surface area contributed by atoms with Crippen molar-refractivity contribution in [1.82, 2.24) is 0 Å². The van der Waals surface area contributed by atoms with Crippen LogP contribution in [0.3, 0.4) is 0 Å². The molecule has 4 heteroatoms. The van der Waals surface area contributed by atoms with E-state index in [4.69, 9.17) is 21.4 Å². The van der Waals surface area contributed by atoms with E-state index < -0.39 is 0 Å². The minimum absolute atomic E-state index is 0.0724. The molecule has 1 unspecified atom stereocenters. The van der Waals surface area contributed by atoms with E-state index in [-0.39, 0.29) is 6.04 Å². The van der Waals surface area contributed by atoms with Crippen LogP contribution in [0.5, 0.6) is 5.75 Å². The molecule has 26 heavy (non-hydrogen) atoms. The first-order chi connectivity index (χ1) is 12.8. The van der Waals surface area contributed by atoms with Gasteiger partial charge in [-0.25, -0.2) is 0 Å². The molecular weight excluding hydrogens is 344 g/mol. The van der Waals surface area contributed by atoms with Crippen molar-refractivity contribution in [3.63, 3.8) is 0 Å². The number of rotatable bonds is 4. The quantitative estimate of drug-likeness (QED) is 0.594. The van der Waals surface area contributed by atoms with Crippen molar-refractivity contribution < 1.29 is 4.74 Å². The largest absolute Gasteiger partial charge is 0.497 e. The summed E-state index contributed by atoms with van der Waals surface area (Å²) in [5, 5.41) is 7.77. The van der Waals surface area contributed by atoms with Crippen molar-refractivity contribution in [3.8, 4) is 5.75 Å². The molecule has 0 aromatic heterocycles. The van der Waals surface area contributed by atoms with Gasteiger partial charge in [-0.1, -0.05) is 48.0 Å². The fourth-order valence-corrected chi connectivity index (χ4v) is 3.54. The molecule has 1 atom stereocenters. The van der Waals surface area contributed by atoms with E-state index in [1.165, 1.54) is 0 Å². The van der Waals surface area contributed by atoms with Crippen LogP contribution < -0.4 is 9.75 Å². The topological polar surface area (TPSA) is 24.8 Å². The molecule has 0 N–H and O–H groups in total. The maximum Gasteiger partial charge on any atom is 0.118 e. The Hall–Kier alpha value is -2.78. The van der Waals surface area contributed by atoms with Gasteiger partial charge >= 0.3 is 0 Å². The van der Waals surface area contributed by atoms with Gasteiger partial charge in [0, 0.05) is 11.4 Å². The summed E-state index contributed by atoms with van der Waals surface area (Å²) in [6.45, 7) is 0. The van der Waals surface area contributed by atoms with Crippen LogP contribution in [0.4, 0.5) is 5.69 Å². The van der Waals surface area contributed by atoms with Gasteiger partial charge in [0.05, 0.1) is 24.6 Å². The molecular formula is C22H19ClN2O. The molecule has 1 aliphatic rings. The van der Waals surface area contributed by atoms with Crippen LogP contribution in [0.2, 0.25) is 5.02 Å². The van der Waals surface area contributed by atoms with Gasteiger partial charge in [-0.05, 0) is 53.6 Å². The average molecular weight is 363 g/mol. The average Bonchev–Trinajstić information content (AvgIpc) is 3.14. The number of anilines is 1. The zero-order valence-corrected chi connectivity index (χ0v) is 15.2. The lowest BCUT2D eigenvalue weighted by atomic mass is 9.98. The summed E-state index contributed by atoms with van der Waals surface area (Å²) < 4.78 is 5.26. The number of ether oxygens (including phenoxy) is 1. The first kappa shape index (κ1) is 16.7. The Balaban J connectivity index is 1.74. The predicted molar refractivity (Wildman–Crippen MR) is 107 cm³/mol. The maximum atomic E-state index is 6.50. The van der Waals surface area contributed by atoms with E-state index in [2.05, 4.69) is 35.3 Å². The van der Waals surface area contributed by atoms with Crippen molar-refractivity contribution in [3.05, 3.63) is 95.0 Å². The van der Waals surface area contributed by atoms with Crippen molar-refractivity contribution >= 4 is 23.0 Å². The highest BCUT2D eigenvalue weighted by atomic mass is 35.5. The number of nitrogens with zero attached hydrogens (tertiary/aromatic N) is 2. The Morgan fingerprint density at radius 3 is 2.31 bits per heavy atom. The predicted octanol–water partition coefficient (Wildman–Crippen LogP) is 5.70. The molecule has 0 radical (unpaired) electrons. The molecule has 3 aromatic carbocycles. The Morgan fingerprint density at radius 2 is 1.62 bits per heavy atom. The van der Waals surface area contributed by atoms with Gasteiger partial charge in [0.1, 0.15) is 5.75 Å². The molecule has 130 valence electrons. The maximum absolute atomic E-state index is 6.50. The molecule has 3 nitrogen and oxygen atoms in total. The fraction of sp³-hybridized carbons (Fsp3) is 0.136. The Labute approximate surface area is 158 Å². The van der Waals surface area contributed by atoms with Gasteiger partial charge in [-0.2, -0.15) is 5.10 Å². The highest BCUT2D eigenvalue weighted by Crippen LogP contribution is 2.39. The zero-order valence-electron chi connectivity index (χ0n) is 14.5. The van der Waals surface area contributed by atoms with Crippen LogP contribution in [0.1, 0.15) is 23.6 Å². The van der Waals surface area contributed by atoms with E-state index in [1.54, 1.807) is 7.11 Å². The van der Waals surface area contributed by atoms with Crippen LogP contribution >= 0.6 is 11.6 Å². The summed E-state index contributed by atoms with van der Waals surface area (Å²) in [7, 11) is 1.67. The highest BCUT2D eigenvalue weighted by molar-refractivity contribution is 6.31. The van der Waals surface area contributed by atoms with Gasteiger partial charge in [-0.3, -0.25) is 5.01 Å². The highest BCUT2D eigenvalue weighted by Gasteiger charge is 2.31. The van der Waals surface area contributed by atoms with E-state index in [0.29, 0.717) is 0 Å². The summed E-state index contributed by atoms with van der Waals surface area (Å²) in [5.74, 6) is 0.843. The number of methoxy groups -OCH3 is 1. The normalized spacial score (nSPS) is 16.5. The van der Waals surface area contributed by atoms with Crippen molar-refractivity contribution in [2.24, 2.45) is 5.10 Å². The molecule has 0 saturated carbocycles.